The highest BCUT2D eigenvalue weighted by Crippen LogP contribution is 2.05. The van der Waals surface area contributed by atoms with Gasteiger partial charge in [0.25, 0.3) is 0 Å². The summed E-state index contributed by atoms with van der Waals surface area (Å²) >= 11 is 0. The Hall–Kier alpha value is -1.53. The molecule has 3 nitrogen and oxygen atoms in total. The van der Waals surface area contributed by atoms with Crippen LogP contribution < -0.4 is 10.5 Å². The third-order valence-corrected chi connectivity index (χ3v) is 1.36. The Balaban J connectivity index is 2.69. The van der Waals surface area contributed by atoms with E-state index in [-0.39, 0.29) is 0 Å². The lowest BCUT2D eigenvalue weighted by atomic mass is 10.3. The van der Waals surface area contributed by atoms with E-state index >= 15 is 0 Å². The van der Waals surface area contributed by atoms with Crippen LogP contribution in [-0.4, -0.2) is 18.1 Å². The van der Waals surface area contributed by atoms with Gasteiger partial charge in [-0.1, -0.05) is 11.8 Å². The van der Waals surface area contributed by atoms with Gasteiger partial charge in [0.1, 0.15) is 0 Å². The van der Waals surface area contributed by atoms with Gasteiger partial charge in [0.15, 0.2) is 0 Å². The minimum Gasteiger partial charge on any atom is -0.478 e. The minimum atomic E-state index is 0.368. The standard InChI is InChI=1S/C10H12N2O/c1-2-13-10-6-5-9(8-12-10)4-3-7-11/h5-6,8H,2,7,11H2,1H3. The molecule has 0 bridgehead atoms. The van der Waals surface area contributed by atoms with Crippen molar-refractivity contribution in [1.29, 1.82) is 0 Å². The lowest BCUT2D eigenvalue weighted by Crippen LogP contribution is -1.95. The van der Waals surface area contributed by atoms with Crippen molar-refractivity contribution in [3.05, 3.63) is 23.9 Å². The van der Waals surface area contributed by atoms with E-state index in [1.54, 1.807) is 12.3 Å². The summed E-state index contributed by atoms with van der Waals surface area (Å²) in [6.45, 7) is 2.91. The zero-order chi connectivity index (χ0) is 9.52. The van der Waals surface area contributed by atoms with Gasteiger partial charge in [0, 0.05) is 17.8 Å². The summed E-state index contributed by atoms with van der Waals surface area (Å²) in [5.41, 5.74) is 6.09. The highest BCUT2D eigenvalue weighted by Gasteiger charge is 1.91. The lowest BCUT2D eigenvalue weighted by Gasteiger charge is -1.99. The van der Waals surface area contributed by atoms with Crippen molar-refractivity contribution in [1.82, 2.24) is 4.98 Å². The molecule has 0 unspecified atom stereocenters. The quantitative estimate of drug-likeness (QED) is 0.678. The van der Waals surface area contributed by atoms with Crippen LogP contribution in [-0.2, 0) is 0 Å². The van der Waals surface area contributed by atoms with Crippen LogP contribution in [0.5, 0.6) is 5.88 Å². The fourth-order valence-corrected chi connectivity index (χ4v) is 0.841. The third-order valence-electron chi connectivity index (χ3n) is 1.36. The minimum absolute atomic E-state index is 0.368. The molecule has 0 fully saturated rings. The Kier molecular flexibility index (Phi) is 3.80. The van der Waals surface area contributed by atoms with Gasteiger partial charge >= 0.3 is 0 Å². The van der Waals surface area contributed by atoms with Gasteiger partial charge in [0.2, 0.25) is 5.88 Å². The molecular weight excluding hydrogens is 164 g/mol. The first-order valence-electron chi connectivity index (χ1n) is 4.14. The third kappa shape index (κ3) is 3.14. The van der Waals surface area contributed by atoms with Crippen LogP contribution in [0.2, 0.25) is 0 Å². The van der Waals surface area contributed by atoms with Gasteiger partial charge in [-0.15, -0.1) is 0 Å². The van der Waals surface area contributed by atoms with Crippen molar-refractivity contribution < 1.29 is 4.74 Å². The van der Waals surface area contributed by atoms with E-state index in [0.717, 1.165) is 5.56 Å². The van der Waals surface area contributed by atoms with Crippen LogP contribution in [0, 0.1) is 11.8 Å². The summed E-state index contributed by atoms with van der Waals surface area (Å²) in [6.07, 6.45) is 1.67. The average Bonchev–Trinajstić information content (AvgIpc) is 2.17. The Labute approximate surface area is 77.9 Å². The number of pyridine rings is 1. The smallest absolute Gasteiger partial charge is 0.213 e. The maximum absolute atomic E-state index is 5.24. The van der Waals surface area contributed by atoms with E-state index in [4.69, 9.17) is 10.5 Å². The molecule has 0 atom stereocenters. The Morgan fingerprint density at radius 3 is 2.92 bits per heavy atom. The van der Waals surface area contributed by atoms with Gasteiger partial charge in [-0.3, -0.25) is 0 Å². The first-order chi connectivity index (χ1) is 6.36. The topological polar surface area (TPSA) is 48.1 Å². The van der Waals surface area contributed by atoms with Crippen LogP contribution in [0.25, 0.3) is 0 Å². The number of ether oxygens (including phenoxy) is 1. The molecule has 3 heteroatoms. The molecule has 1 heterocycles. The molecule has 0 aromatic carbocycles. The second kappa shape index (κ2) is 5.18. The summed E-state index contributed by atoms with van der Waals surface area (Å²) in [7, 11) is 0. The van der Waals surface area contributed by atoms with E-state index in [1.807, 2.05) is 13.0 Å². The largest absolute Gasteiger partial charge is 0.478 e. The highest BCUT2D eigenvalue weighted by molar-refractivity contribution is 5.33. The fraction of sp³-hybridized carbons (Fsp3) is 0.300. The number of nitrogens with two attached hydrogens (primary N) is 1. The summed E-state index contributed by atoms with van der Waals surface area (Å²) in [6, 6.07) is 3.66. The Morgan fingerprint density at radius 1 is 1.54 bits per heavy atom. The van der Waals surface area contributed by atoms with Gasteiger partial charge in [-0.25, -0.2) is 4.98 Å². The van der Waals surface area contributed by atoms with E-state index in [9.17, 15) is 0 Å². The first kappa shape index (κ1) is 9.56. The SMILES string of the molecule is CCOc1ccc(C#CCN)cn1. The Bertz CT molecular complexity index is 308. The van der Waals surface area contributed by atoms with Crippen molar-refractivity contribution in [2.24, 2.45) is 5.73 Å². The van der Waals surface area contributed by atoms with E-state index in [0.29, 0.717) is 19.0 Å². The summed E-state index contributed by atoms with van der Waals surface area (Å²) in [4.78, 5) is 4.06. The molecule has 2 N–H and O–H groups in total. The molecule has 0 aliphatic carbocycles. The number of aromatic nitrogens is 1. The zero-order valence-electron chi connectivity index (χ0n) is 7.58. The highest BCUT2D eigenvalue weighted by atomic mass is 16.5. The summed E-state index contributed by atoms with van der Waals surface area (Å²) < 4.78 is 5.18. The maximum Gasteiger partial charge on any atom is 0.213 e. The van der Waals surface area contributed by atoms with E-state index in [1.165, 1.54) is 0 Å². The molecule has 68 valence electrons. The van der Waals surface area contributed by atoms with Crippen LogP contribution in [0.3, 0.4) is 0 Å². The molecule has 1 aromatic heterocycles. The predicted molar refractivity (Wildman–Crippen MR) is 51.3 cm³/mol. The average molecular weight is 176 g/mol. The second-order valence-electron chi connectivity index (χ2n) is 2.32. The van der Waals surface area contributed by atoms with Crippen molar-refractivity contribution >= 4 is 0 Å². The fourth-order valence-electron chi connectivity index (χ4n) is 0.841. The molecule has 1 rings (SSSR count). The molecule has 0 radical (unpaired) electrons. The molecule has 0 saturated carbocycles. The monoisotopic (exact) mass is 176 g/mol. The molecule has 13 heavy (non-hydrogen) atoms. The molecule has 0 amide bonds. The molecule has 1 aromatic rings. The van der Waals surface area contributed by atoms with E-state index in [2.05, 4.69) is 16.8 Å². The number of rotatable bonds is 2. The summed E-state index contributed by atoms with van der Waals surface area (Å²) in [5, 5.41) is 0. The Morgan fingerprint density at radius 2 is 2.38 bits per heavy atom. The normalized spacial score (nSPS) is 8.77. The van der Waals surface area contributed by atoms with Gasteiger partial charge in [0.05, 0.1) is 13.2 Å². The first-order valence-corrected chi connectivity index (χ1v) is 4.14. The summed E-state index contributed by atoms with van der Waals surface area (Å²) in [5.74, 6) is 6.26. The second-order valence-corrected chi connectivity index (χ2v) is 2.32. The molecule has 0 aliphatic heterocycles. The van der Waals surface area contributed by atoms with Crippen molar-refractivity contribution in [3.8, 4) is 17.7 Å². The van der Waals surface area contributed by atoms with E-state index < -0.39 is 0 Å². The number of hydrogen-bond donors (Lipinski definition) is 1. The number of nitrogens with zero attached hydrogens (tertiary/aromatic N) is 1. The van der Waals surface area contributed by atoms with Crippen LogP contribution in [0.4, 0.5) is 0 Å². The van der Waals surface area contributed by atoms with Gasteiger partial charge < -0.3 is 10.5 Å². The zero-order valence-corrected chi connectivity index (χ0v) is 7.58. The van der Waals surface area contributed by atoms with Crippen LogP contribution >= 0.6 is 0 Å². The van der Waals surface area contributed by atoms with Crippen LogP contribution in [0.1, 0.15) is 12.5 Å². The van der Waals surface area contributed by atoms with Gasteiger partial charge in [-0.2, -0.15) is 0 Å². The molecule has 0 aliphatic rings. The number of hydrogen-bond acceptors (Lipinski definition) is 3. The molecule has 0 saturated heterocycles. The van der Waals surface area contributed by atoms with Crippen LogP contribution in [0.15, 0.2) is 18.3 Å². The molecular formula is C10H12N2O. The van der Waals surface area contributed by atoms with Crippen molar-refractivity contribution in [2.45, 2.75) is 6.92 Å². The van der Waals surface area contributed by atoms with Gasteiger partial charge in [-0.05, 0) is 13.0 Å². The molecule has 0 spiro atoms. The predicted octanol–water partition coefficient (Wildman–Crippen LogP) is 0.791. The van der Waals surface area contributed by atoms with Crippen molar-refractivity contribution in [2.75, 3.05) is 13.2 Å². The van der Waals surface area contributed by atoms with Crippen molar-refractivity contribution in [3.63, 3.8) is 0 Å². The lowest BCUT2D eigenvalue weighted by molar-refractivity contribution is 0.327. The maximum atomic E-state index is 5.24.